The van der Waals surface area contributed by atoms with Gasteiger partial charge in [0.15, 0.2) is 0 Å². The Morgan fingerprint density at radius 1 is 1.32 bits per heavy atom. The van der Waals surface area contributed by atoms with Crippen molar-refractivity contribution in [1.29, 1.82) is 0 Å². The van der Waals surface area contributed by atoms with Gasteiger partial charge in [-0.2, -0.15) is 0 Å². The van der Waals surface area contributed by atoms with Crippen molar-refractivity contribution in [2.75, 3.05) is 13.6 Å². The van der Waals surface area contributed by atoms with Crippen molar-refractivity contribution in [1.82, 2.24) is 15.2 Å². The molecule has 1 N–H and O–H groups in total. The van der Waals surface area contributed by atoms with E-state index in [4.69, 9.17) is 0 Å². The molecule has 1 aromatic heterocycles. The molecule has 0 aliphatic heterocycles. The first-order valence-corrected chi connectivity index (χ1v) is 8.27. The van der Waals surface area contributed by atoms with Gasteiger partial charge in [0.1, 0.15) is 0 Å². The Balaban J connectivity index is 1.82. The van der Waals surface area contributed by atoms with Crippen LogP contribution in [-0.2, 0) is 11.3 Å². The van der Waals surface area contributed by atoms with Crippen molar-refractivity contribution in [2.45, 2.75) is 33.4 Å². The van der Waals surface area contributed by atoms with Gasteiger partial charge in [-0.3, -0.25) is 9.69 Å². The molecule has 0 saturated carbocycles. The van der Waals surface area contributed by atoms with E-state index in [-0.39, 0.29) is 11.9 Å². The van der Waals surface area contributed by atoms with Crippen molar-refractivity contribution in [2.24, 2.45) is 0 Å². The monoisotopic (exact) mass is 317 g/mol. The van der Waals surface area contributed by atoms with Crippen molar-refractivity contribution in [3.8, 4) is 0 Å². The van der Waals surface area contributed by atoms with Gasteiger partial charge >= 0.3 is 0 Å². The second-order valence-corrected chi connectivity index (χ2v) is 6.79. The molecular formula is C17H23N3OS. The first kappa shape index (κ1) is 16.6. The number of carbonyl (C=O) groups is 1. The standard InChI is InChI=1S/C17H23N3OS/c1-12-5-7-15(8-6-12)13(2)18-17(21)10-20(4)9-16-11-22-14(3)19-16/h5-8,11,13H,9-10H2,1-4H3,(H,18,21). The number of nitrogens with zero attached hydrogens (tertiary/aromatic N) is 2. The van der Waals surface area contributed by atoms with Crippen LogP contribution in [0.4, 0.5) is 0 Å². The first-order valence-electron chi connectivity index (χ1n) is 7.39. The fourth-order valence-electron chi connectivity index (χ4n) is 2.28. The quantitative estimate of drug-likeness (QED) is 0.890. The number of likely N-dealkylation sites (N-methyl/N-ethyl adjacent to an activating group) is 1. The van der Waals surface area contributed by atoms with Crippen LogP contribution in [0.1, 0.15) is 34.8 Å². The number of amides is 1. The van der Waals surface area contributed by atoms with Gasteiger partial charge in [0.05, 0.1) is 23.3 Å². The van der Waals surface area contributed by atoms with Crippen molar-refractivity contribution in [3.05, 3.63) is 51.5 Å². The van der Waals surface area contributed by atoms with Gasteiger partial charge in [-0.1, -0.05) is 29.8 Å². The van der Waals surface area contributed by atoms with Gasteiger partial charge in [0, 0.05) is 11.9 Å². The van der Waals surface area contributed by atoms with Gasteiger partial charge in [-0.05, 0) is 33.4 Å². The molecule has 5 heteroatoms. The molecule has 2 aromatic rings. The predicted molar refractivity (Wildman–Crippen MR) is 90.9 cm³/mol. The number of hydrogen-bond acceptors (Lipinski definition) is 4. The zero-order chi connectivity index (χ0) is 16.1. The summed E-state index contributed by atoms with van der Waals surface area (Å²) in [6.45, 7) is 7.11. The number of nitrogens with one attached hydrogen (secondary N) is 1. The van der Waals surface area contributed by atoms with Gasteiger partial charge < -0.3 is 5.32 Å². The molecule has 0 radical (unpaired) electrons. The van der Waals surface area contributed by atoms with E-state index in [9.17, 15) is 4.79 Å². The SMILES string of the molecule is Cc1ccc(C(C)NC(=O)CN(C)Cc2csc(C)n2)cc1. The molecule has 1 unspecified atom stereocenters. The fraction of sp³-hybridized carbons (Fsp3) is 0.412. The van der Waals surface area contributed by atoms with Crippen LogP contribution in [0.5, 0.6) is 0 Å². The van der Waals surface area contributed by atoms with Gasteiger partial charge in [0.25, 0.3) is 0 Å². The highest BCUT2D eigenvalue weighted by Crippen LogP contribution is 2.13. The number of aryl methyl sites for hydroxylation is 2. The van der Waals surface area contributed by atoms with Crippen molar-refractivity contribution in [3.63, 3.8) is 0 Å². The molecule has 1 atom stereocenters. The average Bonchev–Trinajstić information content (AvgIpc) is 2.84. The largest absolute Gasteiger partial charge is 0.348 e. The molecule has 0 spiro atoms. The molecule has 0 aliphatic carbocycles. The van der Waals surface area contributed by atoms with E-state index >= 15 is 0 Å². The Morgan fingerprint density at radius 2 is 2.00 bits per heavy atom. The van der Waals surface area contributed by atoms with E-state index in [1.807, 2.05) is 31.2 Å². The molecule has 0 bridgehead atoms. The lowest BCUT2D eigenvalue weighted by molar-refractivity contribution is -0.122. The number of thiazole rings is 1. The zero-order valence-corrected chi connectivity index (χ0v) is 14.4. The maximum Gasteiger partial charge on any atom is 0.234 e. The number of benzene rings is 1. The van der Waals surface area contributed by atoms with E-state index in [0.29, 0.717) is 13.1 Å². The summed E-state index contributed by atoms with van der Waals surface area (Å²) in [5.41, 5.74) is 3.36. The molecule has 4 nitrogen and oxygen atoms in total. The Kier molecular flexibility index (Phi) is 5.69. The fourth-order valence-corrected chi connectivity index (χ4v) is 2.89. The highest BCUT2D eigenvalue weighted by molar-refractivity contribution is 7.09. The minimum Gasteiger partial charge on any atom is -0.348 e. The molecule has 0 saturated heterocycles. The minimum absolute atomic E-state index is 0.0167. The molecule has 118 valence electrons. The molecule has 0 aliphatic rings. The number of carbonyl (C=O) groups excluding carboxylic acids is 1. The third kappa shape index (κ3) is 4.93. The highest BCUT2D eigenvalue weighted by atomic mass is 32.1. The predicted octanol–water partition coefficient (Wildman–Crippen LogP) is 3.07. The molecule has 1 heterocycles. The number of aromatic nitrogens is 1. The normalized spacial score (nSPS) is 12.4. The molecule has 1 amide bonds. The van der Waals surface area contributed by atoms with Crippen LogP contribution in [0, 0.1) is 13.8 Å². The summed E-state index contributed by atoms with van der Waals surface area (Å²) in [5.74, 6) is 0.0301. The van der Waals surface area contributed by atoms with Gasteiger partial charge in [-0.15, -0.1) is 11.3 Å². The van der Waals surface area contributed by atoms with E-state index in [2.05, 4.69) is 41.5 Å². The average molecular weight is 317 g/mol. The Morgan fingerprint density at radius 3 is 2.59 bits per heavy atom. The molecule has 22 heavy (non-hydrogen) atoms. The summed E-state index contributed by atoms with van der Waals surface area (Å²) in [5, 5.41) is 6.14. The molecular weight excluding hydrogens is 294 g/mol. The Labute approximate surface area is 136 Å². The zero-order valence-electron chi connectivity index (χ0n) is 13.6. The van der Waals surface area contributed by atoms with Crippen molar-refractivity contribution >= 4 is 17.2 Å². The van der Waals surface area contributed by atoms with Crippen LogP contribution in [0.15, 0.2) is 29.6 Å². The van der Waals surface area contributed by atoms with E-state index < -0.39 is 0 Å². The number of rotatable bonds is 6. The third-order valence-corrected chi connectivity index (χ3v) is 4.29. The second kappa shape index (κ2) is 7.51. The van der Waals surface area contributed by atoms with Crippen molar-refractivity contribution < 1.29 is 4.79 Å². The molecule has 2 rings (SSSR count). The summed E-state index contributed by atoms with van der Waals surface area (Å²) in [7, 11) is 1.94. The van der Waals surface area contributed by atoms with Crippen LogP contribution in [-0.4, -0.2) is 29.4 Å². The first-order chi connectivity index (χ1) is 10.4. The summed E-state index contributed by atoms with van der Waals surface area (Å²) < 4.78 is 0. The highest BCUT2D eigenvalue weighted by Gasteiger charge is 2.12. The van der Waals surface area contributed by atoms with Crippen LogP contribution in [0.3, 0.4) is 0 Å². The van der Waals surface area contributed by atoms with Crippen LogP contribution in [0.2, 0.25) is 0 Å². The lowest BCUT2D eigenvalue weighted by atomic mass is 10.1. The maximum atomic E-state index is 12.1. The summed E-state index contributed by atoms with van der Waals surface area (Å²) in [6, 6.07) is 8.26. The summed E-state index contributed by atoms with van der Waals surface area (Å²) >= 11 is 1.64. The van der Waals surface area contributed by atoms with Gasteiger partial charge in [-0.25, -0.2) is 4.98 Å². The van der Waals surface area contributed by atoms with Crippen LogP contribution in [0.25, 0.3) is 0 Å². The van der Waals surface area contributed by atoms with Crippen LogP contribution < -0.4 is 5.32 Å². The smallest absolute Gasteiger partial charge is 0.234 e. The second-order valence-electron chi connectivity index (χ2n) is 5.73. The molecule has 0 fully saturated rings. The molecule has 1 aromatic carbocycles. The maximum absolute atomic E-state index is 12.1. The van der Waals surface area contributed by atoms with E-state index in [1.54, 1.807) is 11.3 Å². The van der Waals surface area contributed by atoms with Gasteiger partial charge in [0.2, 0.25) is 5.91 Å². The summed E-state index contributed by atoms with van der Waals surface area (Å²) in [4.78, 5) is 18.5. The topological polar surface area (TPSA) is 45.2 Å². The number of hydrogen-bond donors (Lipinski definition) is 1. The lowest BCUT2D eigenvalue weighted by Gasteiger charge is -2.18. The lowest BCUT2D eigenvalue weighted by Crippen LogP contribution is -2.36. The van der Waals surface area contributed by atoms with Crippen LogP contribution >= 0.6 is 11.3 Å². The summed E-state index contributed by atoms with van der Waals surface area (Å²) in [6.07, 6.45) is 0. The van der Waals surface area contributed by atoms with E-state index in [1.165, 1.54) is 5.56 Å². The third-order valence-electron chi connectivity index (χ3n) is 3.47. The Bertz CT molecular complexity index is 621. The Hall–Kier alpha value is -1.72. The minimum atomic E-state index is 0.0167. The van der Waals surface area contributed by atoms with E-state index in [0.717, 1.165) is 16.3 Å².